The van der Waals surface area contributed by atoms with Crippen molar-refractivity contribution < 1.29 is 4.79 Å². The number of hydrogen-bond acceptors (Lipinski definition) is 3. The smallest absolute Gasteiger partial charge is 0.220 e. The van der Waals surface area contributed by atoms with E-state index in [0.29, 0.717) is 13.0 Å². The number of rotatable bonds is 8. The van der Waals surface area contributed by atoms with E-state index in [1.54, 1.807) is 0 Å². The molecule has 0 aromatic heterocycles. The van der Waals surface area contributed by atoms with Gasteiger partial charge in [0.25, 0.3) is 0 Å². The van der Waals surface area contributed by atoms with Crippen LogP contribution in [0.5, 0.6) is 0 Å². The van der Waals surface area contributed by atoms with Gasteiger partial charge in [-0.3, -0.25) is 4.79 Å². The lowest BCUT2D eigenvalue weighted by Gasteiger charge is -2.31. The van der Waals surface area contributed by atoms with Gasteiger partial charge in [0.05, 0.1) is 6.04 Å². The van der Waals surface area contributed by atoms with Crippen LogP contribution in [0.3, 0.4) is 0 Å². The van der Waals surface area contributed by atoms with Crippen LogP contribution in [0.15, 0.2) is 48.5 Å². The molecule has 0 aliphatic carbocycles. The summed E-state index contributed by atoms with van der Waals surface area (Å²) in [5.41, 5.74) is 5.12. The van der Waals surface area contributed by atoms with Gasteiger partial charge in [-0.2, -0.15) is 0 Å². The third-order valence-corrected chi connectivity index (χ3v) is 5.34. The van der Waals surface area contributed by atoms with Gasteiger partial charge in [0.2, 0.25) is 5.91 Å². The lowest BCUT2D eigenvalue weighted by atomic mass is 10.0. The highest BCUT2D eigenvalue weighted by atomic mass is 16.1. The summed E-state index contributed by atoms with van der Waals surface area (Å²) in [6, 6.07) is 17.5. The predicted octanol–water partition coefficient (Wildman–Crippen LogP) is 4.16. The van der Waals surface area contributed by atoms with Crippen molar-refractivity contribution in [3.05, 3.63) is 59.7 Å². The molecule has 1 heterocycles. The molecule has 0 unspecified atom stereocenters. The molecule has 4 heteroatoms. The van der Waals surface area contributed by atoms with Crippen molar-refractivity contribution in [2.24, 2.45) is 0 Å². The Labute approximate surface area is 163 Å². The van der Waals surface area contributed by atoms with Gasteiger partial charge >= 0.3 is 0 Å². The molecule has 2 aromatic carbocycles. The van der Waals surface area contributed by atoms with E-state index >= 15 is 0 Å². The van der Waals surface area contributed by atoms with Gasteiger partial charge in [-0.1, -0.05) is 43.7 Å². The SMILES string of the molecule is CCCCC(=O)NC[C@@H](c1ccc(N(C)C)cc1)N1CCc2ccccc21. The maximum atomic E-state index is 12.2. The number of amides is 1. The second-order valence-corrected chi connectivity index (χ2v) is 7.48. The Morgan fingerprint density at radius 1 is 1.15 bits per heavy atom. The highest BCUT2D eigenvalue weighted by molar-refractivity contribution is 5.76. The average Bonchev–Trinajstić information content (AvgIpc) is 3.11. The lowest BCUT2D eigenvalue weighted by molar-refractivity contribution is -0.121. The van der Waals surface area contributed by atoms with Gasteiger partial charge in [-0.05, 0) is 42.2 Å². The standard InChI is InChI=1S/C23H31N3O/c1-4-5-10-23(27)24-17-22(19-11-13-20(14-12-19)25(2)3)26-16-15-18-8-6-7-9-21(18)26/h6-9,11-14,22H,4-5,10,15-17H2,1-3H3,(H,24,27)/t22-/m0/s1. The molecule has 0 fully saturated rings. The van der Waals surface area contributed by atoms with Crippen LogP contribution in [0.4, 0.5) is 11.4 Å². The van der Waals surface area contributed by atoms with Crippen molar-refractivity contribution in [1.29, 1.82) is 0 Å². The topological polar surface area (TPSA) is 35.6 Å². The van der Waals surface area contributed by atoms with E-state index < -0.39 is 0 Å². The first-order valence-corrected chi connectivity index (χ1v) is 9.98. The fraction of sp³-hybridized carbons (Fsp3) is 0.435. The quantitative estimate of drug-likeness (QED) is 0.763. The van der Waals surface area contributed by atoms with E-state index in [1.165, 1.54) is 22.5 Å². The Kier molecular flexibility index (Phi) is 6.38. The fourth-order valence-corrected chi connectivity index (χ4v) is 3.73. The third kappa shape index (κ3) is 4.62. The fourth-order valence-electron chi connectivity index (χ4n) is 3.73. The Balaban J connectivity index is 1.82. The second-order valence-electron chi connectivity index (χ2n) is 7.48. The van der Waals surface area contributed by atoms with Crippen LogP contribution in [-0.4, -0.2) is 33.1 Å². The number of anilines is 2. The van der Waals surface area contributed by atoms with Crippen molar-refractivity contribution in [3.8, 4) is 0 Å². The minimum atomic E-state index is 0.149. The lowest BCUT2D eigenvalue weighted by Crippen LogP contribution is -2.37. The number of nitrogens with one attached hydrogen (secondary N) is 1. The maximum absolute atomic E-state index is 12.2. The minimum absolute atomic E-state index is 0.149. The van der Waals surface area contributed by atoms with Crippen LogP contribution in [0.1, 0.15) is 43.4 Å². The van der Waals surface area contributed by atoms with Crippen LogP contribution >= 0.6 is 0 Å². The summed E-state index contributed by atoms with van der Waals surface area (Å²) in [4.78, 5) is 16.8. The first-order chi connectivity index (χ1) is 13.1. The molecule has 144 valence electrons. The van der Waals surface area contributed by atoms with Crippen LogP contribution in [-0.2, 0) is 11.2 Å². The molecule has 0 radical (unpaired) electrons. The summed E-state index contributed by atoms with van der Waals surface area (Å²) in [5, 5.41) is 3.17. The molecule has 1 aliphatic rings. The van der Waals surface area contributed by atoms with Crippen LogP contribution in [0.25, 0.3) is 0 Å². The van der Waals surface area contributed by atoms with Gasteiger partial charge in [-0.25, -0.2) is 0 Å². The van der Waals surface area contributed by atoms with E-state index in [1.807, 2.05) is 0 Å². The van der Waals surface area contributed by atoms with E-state index in [0.717, 1.165) is 25.8 Å². The number of fused-ring (bicyclic) bond motifs is 1. The summed E-state index contributed by atoms with van der Waals surface area (Å²) in [5.74, 6) is 0.152. The van der Waals surface area contributed by atoms with Crippen molar-refractivity contribution >= 4 is 17.3 Å². The molecule has 1 aliphatic heterocycles. The second kappa shape index (κ2) is 8.94. The number of carbonyl (C=O) groups is 1. The zero-order valence-corrected chi connectivity index (χ0v) is 16.7. The van der Waals surface area contributed by atoms with Crippen molar-refractivity contribution in [3.63, 3.8) is 0 Å². The molecule has 4 nitrogen and oxygen atoms in total. The molecule has 2 aromatic rings. The molecule has 3 rings (SSSR count). The molecule has 0 saturated heterocycles. The predicted molar refractivity (Wildman–Crippen MR) is 114 cm³/mol. The Bertz CT molecular complexity index is 754. The number of unbranched alkanes of at least 4 members (excludes halogenated alkanes) is 1. The Hall–Kier alpha value is -2.49. The van der Waals surface area contributed by atoms with E-state index in [4.69, 9.17) is 0 Å². The van der Waals surface area contributed by atoms with Crippen molar-refractivity contribution in [1.82, 2.24) is 5.32 Å². The molecular weight excluding hydrogens is 334 g/mol. The van der Waals surface area contributed by atoms with Crippen molar-refractivity contribution in [2.45, 2.75) is 38.6 Å². The summed E-state index contributed by atoms with van der Waals surface area (Å²) in [7, 11) is 4.11. The van der Waals surface area contributed by atoms with Gasteiger partial charge in [0, 0.05) is 45.0 Å². The maximum Gasteiger partial charge on any atom is 0.220 e. The van der Waals surface area contributed by atoms with Gasteiger partial charge < -0.3 is 15.1 Å². The molecule has 0 bridgehead atoms. The zero-order chi connectivity index (χ0) is 19.2. The third-order valence-electron chi connectivity index (χ3n) is 5.34. The molecule has 0 spiro atoms. The molecule has 27 heavy (non-hydrogen) atoms. The summed E-state index contributed by atoms with van der Waals surface area (Å²) < 4.78 is 0. The van der Waals surface area contributed by atoms with E-state index in [9.17, 15) is 4.79 Å². The Morgan fingerprint density at radius 3 is 2.59 bits per heavy atom. The molecular formula is C23H31N3O. The molecule has 1 atom stereocenters. The summed E-state index contributed by atoms with van der Waals surface area (Å²) in [6.45, 7) is 3.74. The monoisotopic (exact) mass is 365 g/mol. The van der Waals surface area contributed by atoms with Crippen LogP contribution < -0.4 is 15.1 Å². The van der Waals surface area contributed by atoms with Crippen LogP contribution in [0.2, 0.25) is 0 Å². The van der Waals surface area contributed by atoms with E-state index in [-0.39, 0.29) is 11.9 Å². The molecule has 0 saturated carbocycles. The molecule has 1 N–H and O–H groups in total. The molecule has 1 amide bonds. The van der Waals surface area contributed by atoms with Crippen molar-refractivity contribution in [2.75, 3.05) is 37.0 Å². The highest BCUT2D eigenvalue weighted by Gasteiger charge is 2.27. The first-order valence-electron chi connectivity index (χ1n) is 9.98. The Morgan fingerprint density at radius 2 is 1.89 bits per heavy atom. The number of hydrogen-bond donors (Lipinski definition) is 1. The number of carbonyl (C=O) groups excluding carboxylic acids is 1. The number of nitrogens with zero attached hydrogens (tertiary/aromatic N) is 2. The first kappa shape index (κ1) is 19.3. The largest absolute Gasteiger partial charge is 0.378 e. The van der Waals surface area contributed by atoms with Gasteiger partial charge in [0.1, 0.15) is 0 Å². The van der Waals surface area contributed by atoms with Crippen LogP contribution in [0, 0.1) is 0 Å². The van der Waals surface area contributed by atoms with Gasteiger partial charge in [-0.15, -0.1) is 0 Å². The van der Waals surface area contributed by atoms with E-state index in [2.05, 4.69) is 84.7 Å². The van der Waals surface area contributed by atoms with Gasteiger partial charge in [0.15, 0.2) is 0 Å². The summed E-state index contributed by atoms with van der Waals surface area (Å²) in [6.07, 6.45) is 3.66. The number of benzene rings is 2. The normalized spacial score (nSPS) is 14.0. The average molecular weight is 366 g/mol. The minimum Gasteiger partial charge on any atom is -0.378 e. The highest BCUT2D eigenvalue weighted by Crippen LogP contribution is 2.35. The summed E-state index contributed by atoms with van der Waals surface area (Å²) >= 11 is 0. The zero-order valence-electron chi connectivity index (χ0n) is 16.7. The number of para-hydroxylation sites is 1.